The number of fused-ring (bicyclic) bond motifs is 1. The summed E-state index contributed by atoms with van der Waals surface area (Å²) < 4.78 is 0. The molecule has 0 bridgehead atoms. The van der Waals surface area contributed by atoms with Crippen LogP contribution in [0.1, 0.15) is 49.0 Å². The summed E-state index contributed by atoms with van der Waals surface area (Å²) in [5.41, 5.74) is 3.32. The summed E-state index contributed by atoms with van der Waals surface area (Å²) in [5, 5.41) is 3.34. The van der Waals surface area contributed by atoms with Crippen LogP contribution in [0, 0.1) is 0 Å². The second-order valence-electron chi connectivity index (χ2n) is 5.89. The van der Waals surface area contributed by atoms with E-state index in [0.29, 0.717) is 12.1 Å². The molecule has 3 nitrogen and oxygen atoms in total. The number of piperidine rings is 1. The highest BCUT2D eigenvalue weighted by Gasteiger charge is 2.30. The number of likely N-dealkylation sites (tertiary alicyclic amines) is 1. The van der Waals surface area contributed by atoms with Gasteiger partial charge in [0.25, 0.3) is 5.91 Å². The molecule has 1 amide bonds. The van der Waals surface area contributed by atoms with E-state index in [1.807, 2.05) is 6.07 Å². The van der Waals surface area contributed by atoms with Gasteiger partial charge in [-0.05, 0) is 63.3 Å². The van der Waals surface area contributed by atoms with Crippen molar-refractivity contribution < 1.29 is 4.79 Å². The Hall–Kier alpha value is -1.51. The first-order valence-corrected chi connectivity index (χ1v) is 7.36. The van der Waals surface area contributed by atoms with Crippen molar-refractivity contribution in [3.8, 4) is 0 Å². The quantitative estimate of drug-likeness (QED) is 0.839. The number of hydrogen-bond acceptors (Lipinski definition) is 2. The average molecular weight is 258 g/mol. The Morgan fingerprint density at radius 2 is 2.00 bits per heavy atom. The molecule has 1 aromatic carbocycles. The van der Waals surface area contributed by atoms with Crippen molar-refractivity contribution in [2.75, 3.05) is 11.9 Å². The average Bonchev–Trinajstić information content (AvgIpc) is 2.85. The zero-order valence-corrected chi connectivity index (χ0v) is 11.8. The first kappa shape index (κ1) is 12.5. The Morgan fingerprint density at radius 3 is 2.74 bits per heavy atom. The number of hydrogen-bond donors (Lipinski definition) is 1. The van der Waals surface area contributed by atoms with Gasteiger partial charge in [-0.3, -0.25) is 4.79 Å². The van der Waals surface area contributed by atoms with E-state index < -0.39 is 0 Å². The van der Waals surface area contributed by atoms with Gasteiger partial charge in [0.15, 0.2) is 0 Å². The summed E-state index contributed by atoms with van der Waals surface area (Å²) in [6, 6.07) is 6.82. The lowest BCUT2D eigenvalue weighted by atomic mass is 9.96. The van der Waals surface area contributed by atoms with E-state index in [1.165, 1.54) is 17.7 Å². The van der Waals surface area contributed by atoms with Crippen LogP contribution in [0.3, 0.4) is 0 Å². The zero-order chi connectivity index (χ0) is 13.4. The molecule has 1 aromatic rings. The first-order chi connectivity index (χ1) is 9.16. The maximum atomic E-state index is 12.7. The molecular formula is C16H22N2O. The van der Waals surface area contributed by atoms with Gasteiger partial charge < -0.3 is 10.2 Å². The van der Waals surface area contributed by atoms with Crippen molar-refractivity contribution in [1.82, 2.24) is 4.90 Å². The van der Waals surface area contributed by atoms with Crippen molar-refractivity contribution in [3.05, 3.63) is 29.3 Å². The molecule has 0 saturated carbocycles. The fourth-order valence-corrected chi connectivity index (χ4v) is 3.41. The predicted octanol–water partition coefficient (Wildman–Crippen LogP) is 3.06. The molecule has 2 atom stereocenters. The molecule has 2 aliphatic heterocycles. The fourth-order valence-electron chi connectivity index (χ4n) is 3.41. The molecule has 0 spiro atoms. The van der Waals surface area contributed by atoms with Crippen LogP contribution in [0.5, 0.6) is 0 Å². The second kappa shape index (κ2) is 4.87. The van der Waals surface area contributed by atoms with E-state index in [-0.39, 0.29) is 5.91 Å². The molecule has 3 rings (SSSR count). The van der Waals surface area contributed by atoms with E-state index >= 15 is 0 Å². The van der Waals surface area contributed by atoms with Gasteiger partial charge in [-0.1, -0.05) is 0 Å². The van der Waals surface area contributed by atoms with Crippen molar-refractivity contribution >= 4 is 11.6 Å². The van der Waals surface area contributed by atoms with E-state index in [0.717, 1.165) is 31.4 Å². The number of benzene rings is 1. The normalized spacial score (nSPS) is 25.9. The zero-order valence-electron chi connectivity index (χ0n) is 11.8. The van der Waals surface area contributed by atoms with Crippen molar-refractivity contribution in [3.63, 3.8) is 0 Å². The molecule has 2 heterocycles. The van der Waals surface area contributed by atoms with Crippen molar-refractivity contribution in [2.24, 2.45) is 0 Å². The number of rotatable bonds is 1. The summed E-state index contributed by atoms with van der Waals surface area (Å²) in [6.07, 6.45) is 4.52. The van der Waals surface area contributed by atoms with E-state index in [9.17, 15) is 4.79 Å². The Kier molecular flexibility index (Phi) is 3.21. The third-order valence-electron chi connectivity index (χ3n) is 4.49. The van der Waals surface area contributed by atoms with E-state index in [1.54, 1.807) is 0 Å². The number of carbonyl (C=O) groups is 1. The fraction of sp³-hybridized carbons (Fsp3) is 0.562. The van der Waals surface area contributed by atoms with E-state index in [4.69, 9.17) is 0 Å². The summed E-state index contributed by atoms with van der Waals surface area (Å²) in [6.45, 7) is 5.33. The molecule has 2 aliphatic rings. The van der Waals surface area contributed by atoms with Gasteiger partial charge >= 0.3 is 0 Å². The minimum atomic E-state index is 0.203. The van der Waals surface area contributed by atoms with Gasteiger partial charge in [0.2, 0.25) is 0 Å². The number of nitrogens with one attached hydrogen (secondary N) is 1. The van der Waals surface area contributed by atoms with Crippen LogP contribution in [0.2, 0.25) is 0 Å². The molecule has 1 saturated heterocycles. The van der Waals surface area contributed by atoms with Gasteiger partial charge in [0.1, 0.15) is 0 Å². The van der Waals surface area contributed by atoms with Crippen molar-refractivity contribution in [1.29, 1.82) is 0 Å². The molecule has 1 N–H and O–H groups in total. The summed E-state index contributed by atoms with van der Waals surface area (Å²) >= 11 is 0. The van der Waals surface area contributed by atoms with Crippen LogP contribution in [-0.4, -0.2) is 29.4 Å². The van der Waals surface area contributed by atoms with Gasteiger partial charge in [0, 0.05) is 29.9 Å². The Balaban J connectivity index is 1.86. The van der Waals surface area contributed by atoms with Crippen molar-refractivity contribution in [2.45, 2.75) is 51.6 Å². The Bertz CT molecular complexity index is 488. The van der Waals surface area contributed by atoms with Gasteiger partial charge in [-0.2, -0.15) is 0 Å². The molecule has 3 heteroatoms. The van der Waals surface area contributed by atoms with Crippen LogP contribution >= 0.6 is 0 Å². The SMILES string of the molecule is C[C@@H]1CCC[C@H](C)N1C(=O)c1ccc2c(c1)CCN2. The van der Waals surface area contributed by atoms with Crippen LogP contribution in [0.25, 0.3) is 0 Å². The smallest absolute Gasteiger partial charge is 0.254 e. The number of carbonyl (C=O) groups excluding carboxylic acids is 1. The maximum Gasteiger partial charge on any atom is 0.254 e. The predicted molar refractivity (Wildman–Crippen MR) is 77.6 cm³/mol. The number of amides is 1. The minimum Gasteiger partial charge on any atom is -0.384 e. The largest absolute Gasteiger partial charge is 0.384 e. The number of nitrogens with zero attached hydrogens (tertiary/aromatic N) is 1. The Morgan fingerprint density at radius 1 is 1.26 bits per heavy atom. The van der Waals surface area contributed by atoms with Crippen LogP contribution in [0.15, 0.2) is 18.2 Å². The molecule has 0 radical (unpaired) electrons. The highest BCUT2D eigenvalue weighted by Crippen LogP contribution is 2.27. The van der Waals surface area contributed by atoms with Gasteiger partial charge in [-0.15, -0.1) is 0 Å². The Labute approximate surface area is 115 Å². The lowest BCUT2D eigenvalue weighted by molar-refractivity contribution is 0.0510. The number of anilines is 1. The third kappa shape index (κ3) is 2.22. The van der Waals surface area contributed by atoms with Gasteiger partial charge in [0.05, 0.1) is 0 Å². The minimum absolute atomic E-state index is 0.203. The highest BCUT2D eigenvalue weighted by molar-refractivity contribution is 5.95. The molecule has 0 aliphatic carbocycles. The highest BCUT2D eigenvalue weighted by atomic mass is 16.2. The summed E-state index contributed by atoms with van der Waals surface area (Å²) in [7, 11) is 0. The molecule has 0 aromatic heterocycles. The first-order valence-electron chi connectivity index (χ1n) is 7.36. The lowest BCUT2D eigenvalue weighted by Gasteiger charge is -2.39. The molecular weight excluding hydrogens is 236 g/mol. The third-order valence-corrected chi connectivity index (χ3v) is 4.49. The topological polar surface area (TPSA) is 32.3 Å². The molecule has 0 unspecified atom stereocenters. The molecule has 19 heavy (non-hydrogen) atoms. The molecule has 102 valence electrons. The van der Waals surface area contributed by atoms with Crippen LogP contribution < -0.4 is 5.32 Å². The van der Waals surface area contributed by atoms with Crippen LogP contribution in [-0.2, 0) is 6.42 Å². The second-order valence-corrected chi connectivity index (χ2v) is 5.89. The van der Waals surface area contributed by atoms with Gasteiger partial charge in [-0.25, -0.2) is 0 Å². The monoisotopic (exact) mass is 258 g/mol. The molecule has 1 fully saturated rings. The van der Waals surface area contributed by atoms with E-state index in [2.05, 4.69) is 36.2 Å². The summed E-state index contributed by atoms with van der Waals surface area (Å²) in [4.78, 5) is 14.8. The standard InChI is InChI=1S/C16H22N2O/c1-11-4-3-5-12(2)18(11)16(19)14-6-7-15-13(10-14)8-9-17-15/h6-7,10-12,17H,3-5,8-9H2,1-2H3/t11-,12+. The maximum absolute atomic E-state index is 12.7. The lowest BCUT2D eigenvalue weighted by Crippen LogP contribution is -2.47. The van der Waals surface area contributed by atoms with Crippen LogP contribution in [0.4, 0.5) is 5.69 Å². The summed E-state index contributed by atoms with van der Waals surface area (Å²) in [5.74, 6) is 0.203.